The number of hydrogen-bond acceptors (Lipinski definition) is 2. The van der Waals surface area contributed by atoms with Gasteiger partial charge in [0.2, 0.25) is 0 Å². The number of fused-ring (bicyclic) bond motifs is 1. The van der Waals surface area contributed by atoms with E-state index in [1.54, 1.807) is 7.11 Å². The summed E-state index contributed by atoms with van der Waals surface area (Å²) in [5, 5.41) is 0. The van der Waals surface area contributed by atoms with Crippen LogP contribution in [-0.2, 0) is 10.6 Å². The molecular weight excluding hydrogens is 236 g/mol. The summed E-state index contributed by atoms with van der Waals surface area (Å²) in [6.07, 6.45) is 0. The summed E-state index contributed by atoms with van der Waals surface area (Å²) in [6, 6.07) is 6.38. The summed E-state index contributed by atoms with van der Waals surface area (Å²) in [5.41, 5.74) is 3.38. The number of halogens is 1. The molecule has 0 aliphatic rings. The van der Waals surface area contributed by atoms with Gasteiger partial charge in [-0.05, 0) is 25.5 Å². The SMILES string of the molecule is COCC(C)n1c(CCl)nc2cccc(C)c21. The minimum atomic E-state index is 0.236. The second-order valence-corrected chi connectivity index (χ2v) is 4.55. The molecule has 3 nitrogen and oxygen atoms in total. The standard InChI is InChI=1S/C13H17ClN2O/c1-9-5-4-6-11-13(9)16(10(2)8-17-3)12(7-14)15-11/h4-6,10H,7-8H2,1-3H3. The Morgan fingerprint density at radius 3 is 2.88 bits per heavy atom. The van der Waals surface area contributed by atoms with E-state index in [2.05, 4.69) is 29.5 Å². The molecule has 17 heavy (non-hydrogen) atoms. The average molecular weight is 253 g/mol. The lowest BCUT2D eigenvalue weighted by Gasteiger charge is -2.16. The Hall–Kier alpha value is -1.06. The topological polar surface area (TPSA) is 27.1 Å². The van der Waals surface area contributed by atoms with E-state index < -0.39 is 0 Å². The van der Waals surface area contributed by atoms with Gasteiger partial charge in [-0.15, -0.1) is 11.6 Å². The van der Waals surface area contributed by atoms with Crippen molar-refractivity contribution >= 4 is 22.6 Å². The Balaban J connectivity index is 2.64. The van der Waals surface area contributed by atoms with E-state index in [1.807, 2.05) is 12.1 Å². The second-order valence-electron chi connectivity index (χ2n) is 4.28. The summed E-state index contributed by atoms with van der Waals surface area (Å²) >= 11 is 5.98. The zero-order valence-electron chi connectivity index (χ0n) is 10.4. The van der Waals surface area contributed by atoms with Crippen molar-refractivity contribution in [1.82, 2.24) is 9.55 Å². The number of benzene rings is 1. The number of rotatable bonds is 4. The molecule has 0 saturated heterocycles. The summed E-state index contributed by atoms with van der Waals surface area (Å²) < 4.78 is 7.41. The van der Waals surface area contributed by atoms with Crippen LogP contribution in [0, 0.1) is 6.92 Å². The van der Waals surface area contributed by atoms with Crippen molar-refractivity contribution in [2.24, 2.45) is 0 Å². The van der Waals surface area contributed by atoms with Gasteiger partial charge in [-0.3, -0.25) is 0 Å². The smallest absolute Gasteiger partial charge is 0.125 e. The molecule has 0 radical (unpaired) electrons. The van der Waals surface area contributed by atoms with Gasteiger partial charge in [0.1, 0.15) is 5.82 Å². The highest BCUT2D eigenvalue weighted by Crippen LogP contribution is 2.25. The highest BCUT2D eigenvalue weighted by atomic mass is 35.5. The monoisotopic (exact) mass is 252 g/mol. The Labute approximate surface area is 106 Å². The van der Waals surface area contributed by atoms with Crippen LogP contribution >= 0.6 is 11.6 Å². The normalized spacial score (nSPS) is 13.2. The van der Waals surface area contributed by atoms with Gasteiger partial charge in [0.05, 0.1) is 29.6 Å². The lowest BCUT2D eigenvalue weighted by Crippen LogP contribution is -2.13. The fourth-order valence-electron chi connectivity index (χ4n) is 2.25. The van der Waals surface area contributed by atoms with Crippen molar-refractivity contribution < 1.29 is 4.74 Å². The zero-order valence-corrected chi connectivity index (χ0v) is 11.2. The van der Waals surface area contributed by atoms with Gasteiger partial charge in [-0.1, -0.05) is 12.1 Å². The van der Waals surface area contributed by atoms with Crippen molar-refractivity contribution in [3.63, 3.8) is 0 Å². The molecule has 4 heteroatoms. The van der Waals surface area contributed by atoms with Gasteiger partial charge < -0.3 is 9.30 Å². The van der Waals surface area contributed by atoms with Crippen LogP contribution in [0.4, 0.5) is 0 Å². The van der Waals surface area contributed by atoms with Crippen LogP contribution in [0.15, 0.2) is 18.2 Å². The van der Waals surface area contributed by atoms with E-state index in [4.69, 9.17) is 16.3 Å². The number of ether oxygens (including phenoxy) is 1. The molecule has 92 valence electrons. The van der Waals surface area contributed by atoms with Crippen LogP contribution in [0.5, 0.6) is 0 Å². The molecule has 1 heterocycles. The van der Waals surface area contributed by atoms with Crippen molar-refractivity contribution in [1.29, 1.82) is 0 Å². The maximum Gasteiger partial charge on any atom is 0.125 e. The Morgan fingerprint density at radius 2 is 2.24 bits per heavy atom. The van der Waals surface area contributed by atoms with Crippen LogP contribution in [0.25, 0.3) is 11.0 Å². The summed E-state index contributed by atoms with van der Waals surface area (Å²) in [4.78, 5) is 4.57. The average Bonchev–Trinajstić information content (AvgIpc) is 2.69. The molecule has 2 rings (SSSR count). The quantitative estimate of drug-likeness (QED) is 0.781. The van der Waals surface area contributed by atoms with Crippen LogP contribution in [0.2, 0.25) is 0 Å². The maximum atomic E-state index is 5.98. The molecule has 1 atom stereocenters. The molecule has 2 aromatic rings. The van der Waals surface area contributed by atoms with Gasteiger partial charge in [-0.25, -0.2) is 4.98 Å². The lowest BCUT2D eigenvalue weighted by atomic mass is 10.2. The van der Waals surface area contributed by atoms with Gasteiger partial charge in [-0.2, -0.15) is 0 Å². The molecule has 0 saturated carbocycles. The van der Waals surface area contributed by atoms with Crippen LogP contribution in [0.1, 0.15) is 24.4 Å². The number of para-hydroxylation sites is 1. The molecule has 1 aromatic heterocycles. The van der Waals surface area contributed by atoms with Gasteiger partial charge in [0.25, 0.3) is 0 Å². The molecule has 0 aliphatic heterocycles. The molecule has 0 spiro atoms. The minimum Gasteiger partial charge on any atom is -0.383 e. The fourth-order valence-corrected chi connectivity index (χ4v) is 2.44. The number of methoxy groups -OCH3 is 1. The highest BCUT2D eigenvalue weighted by Gasteiger charge is 2.16. The Bertz CT molecular complexity index is 521. The number of nitrogens with zero attached hydrogens (tertiary/aromatic N) is 2. The third kappa shape index (κ3) is 2.17. The third-order valence-electron chi connectivity index (χ3n) is 2.95. The first-order chi connectivity index (χ1) is 8.19. The summed E-state index contributed by atoms with van der Waals surface area (Å²) in [7, 11) is 1.71. The molecule has 0 N–H and O–H groups in total. The summed E-state index contributed by atoms with van der Waals surface area (Å²) in [6.45, 7) is 4.87. The maximum absolute atomic E-state index is 5.98. The number of hydrogen-bond donors (Lipinski definition) is 0. The molecule has 0 bridgehead atoms. The van der Waals surface area contributed by atoms with E-state index in [1.165, 1.54) is 5.56 Å². The first kappa shape index (κ1) is 12.4. The van der Waals surface area contributed by atoms with E-state index in [-0.39, 0.29) is 6.04 Å². The summed E-state index contributed by atoms with van der Waals surface area (Å²) in [5.74, 6) is 1.32. The van der Waals surface area contributed by atoms with Crippen molar-refractivity contribution in [3.8, 4) is 0 Å². The van der Waals surface area contributed by atoms with Crippen molar-refractivity contribution in [2.75, 3.05) is 13.7 Å². The number of alkyl halides is 1. The first-order valence-electron chi connectivity index (χ1n) is 5.70. The van der Waals surface area contributed by atoms with Crippen molar-refractivity contribution in [3.05, 3.63) is 29.6 Å². The molecular formula is C13H17ClN2O. The van der Waals surface area contributed by atoms with E-state index in [0.29, 0.717) is 12.5 Å². The predicted octanol–water partition coefficient (Wildman–Crippen LogP) is 3.29. The lowest BCUT2D eigenvalue weighted by molar-refractivity contribution is 0.163. The van der Waals surface area contributed by atoms with E-state index in [0.717, 1.165) is 16.9 Å². The fraction of sp³-hybridized carbons (Fsp3) is 0.462. The van der Waals surface area contributed by atoms with E-state index >= 15 is 0 Å². The third-order valence-corrected chi connectivity index (χ3v) is 3.19. The second kappa shape index (κ2) is 5.07. The highest BCUT2D eigenvalue weighted by molar-refractivity contribution is 6.16. The number of aryl methyl sites for hydroxylation is 1. The zero-order chi connectivity index (χ0) is 12.4. The van der Waals surface area contributed by atoms with Crippen molar-refractivity contribution in [2.45, 2.75) is 25.8 Å². The predicted molar refractivity (Wildman–Crippen MR) is 70.6 cm³/mol. The molecule has 0 fully saturated rings. The Kier molecular flexibility index (Phi) is 3.69. The number of aromatic nitrogens is 2. The molecule has 1 aromatic carbocycles. The minimum absolute atomic E-state index is 0.236. The molecule has 1 unspecified atom stereocenters. The first-order valence-corrected chi connectivity index (χ1v) is 6.23. The van der Waals surface area contributed by atoms with Gasteiger partial charge >= 0.3 is 0 Å². The molecule has 0 aliphatic carbocycles. The number of imidazole rings is 1. The van der Waals surface area contributed by atoms with Crippen LogP contribution in [-0.4, -0.2) is 23.3 Å². The van der Waals surface area contributed by atoms with Crippen LogP contribution < -0.4 is 0 Å². The van der Waals surface area contributed by atoms with Gasteiger partial charge in [0.15, 0.2) is 0 Å². The Morgan fingerprint density at radius 1 is 1.47 bits per heavy atom. The molecule has 0 amide bonds. The van der Waals surface area contributed by atoms with E-state index in [9.17, 15) is 0 Å². The van der Waals surface area contributed by atoms with Gasteiger partial charge in [0, 0.05) is 7.11 Å². The van der Waals surface area contributed by atoms with Crippen LogP contribution in [0.3, 0.4) is 0 Å². The largest absolute Gasteiger partial charge is 0.383 e.